The van der Waals surface area contributed by atoms with Crippen molar-refractivity contribution < 1.29 is 4.79 Å². The minimum Gasteiger partial charge on any atom is -0.342 e. The summed E-state index contributed by atoms with van der Waals surface area (Å²) in [5, 5.41) is 3.69. The molecule has 2 atom stereocenters. The van der Waals surface area contributed by atoms with Gasteiger partial charge in [0, 0.05) is 17.1 Å². The number of imidazole rings is 1. The first-order valence-electron chi connectivity index (χ1n) is 11.1. The molecule has 1 aromatic heterocycles. The zero-order valence-corrected chi connectivity index (χ0v) is 19.4. The Morgan fingerprint density at radius 3 is 2.38 bits per heavy atom. The largest absolute Gasteiger partial charge is 0.342 e. The number of amides is 1. The van der Waals surface area contributed by atoms with Crippen molar-refractivity contribution in [2.45, 2.75) is 45.7 Å². The van der Waals surface area contributed by atoms with Gasteiger partial charge >= 0.3 is 0 Å². The van der Waals surface area contributed by atoms with Crippen LogP contribution in [0.25, 0.3) is 11.0 Å². The monoisotopic (exact) mass is 445 g/mol. The molecule has 0 saturated heterocycles. The number of carbonyl (C=O) groups excluding carboxylic acids is 1. The molecule has 4 rings (SSSR count). The molecular formula is C27H28ClN3O. The molecule has 0 aliphatic heterocycles. The highest BCUT2D eigenvalue weighted by atomic mass is 35.5. The Kier molecular flexibility index (Phi) is 6.61. The van der Waals surface area contributed by atoms with Crippen molar-refractivity contribution >= 4 is 28.5 Å². The van der Waals surface area contributed by atoms with E-state index in [4.69, 9.17) is 16.6 Å². The smallest absolute Gasteiger partial charge is 0.251 e. The van der Waals surface area contributed by atoms with E-state index in [0.29, 0.717) is 23.0 Å². The first-order valence-corrected chi connectivity index (χ1v) is 11.4. The second kappa shape index (κ2) is 9.58. The number of nitrogens with one attached hydrogen (secondary N) is 1. The molecule has 1 amide bonds. The van der Waals surface area contributed by atoms with E-state index in [2.05, 4.69) is 54.1 Å². The number of nitrogens with zero attached hydrogens (tertiary/aromatic N) is 2. The van der Waals surface area contributed by atoms with Gasteiger partial charge in [-0.2, -0.15) is 0 Å². The fraction of sp³-hybridized carbons (Fsp3) is 0.259. The molecule has 0 saturated carbocycles. The molecule has 4 aromatic rings. The summed E-state index contributed by atoms with van der Waals surface area (Å²) in [5.74, 6) is 1.24. The maximum atomic E-state index is 12.8. The summed E-state index contributed by atoms with van der Waals surface area (Å²) in [4.78, 5) is 17.6. The number of fused-ring (bicyclic) bond motifs is 1. The zero-order chi connectivity index (χ0) is 22.7. The average molecular weight is 446 g/mol. The predicted molar refractivity (Wildman–Crippen MR) is 131 cm³/mol. The summed E-state index contributed by atoms with van der Waals surface area (Å²) < 4.78 is 2.19. The van der Waals surface area contributed by atoms with Crippen LogP contribution in [0.1, 0.15) is 66.5 Å². The molecule has 0 fully saturated rings. The first-order chi connectivity index (χ1) is 15.5. The van der Waals surface area contributed by atoms with E-state index in [9.17, 15) is 4.79 Å². The second-order valence-electron chi connectivity index (χ2n) is 8.30. The van der Waals surface area contributed by atoms with Crippen LogP contribution in [0.2, 0.25) is 5.02 Å². The number of carbonyl (C=O) groups is 1. The lowest BCUT2D eigenvalue weighted by atomic mass is 9.97. The molecule has 2 unspecified atom stereocenters. The van der Waals surface area contributed by atoms with Crippen LogP contribution in [0.3, 0.4) is 0 Å². The van der Waals surface area contributed by atoms with Gasteiger partial charge in [-0.3, -0.25) is 4.79 Å². The minimum atomic E-state index is -0.259. The van der Waals surface area contributed by atoms with Crippen LogP contribution < -0.4 is 5.32 Å². The number of halogens is 1. The van der Waals surface area contributed by atoms with Crippen molar-refractivity contribution in [3.63, 3.8) is 0 Å². The molecule has 1 N–H and O–H groups in total. The normalized spacial score (nSPS) is 13.1. The van der Waals surface area contributed by atoms with E-state index in [1.54, 1.807) is 24.3 Å². The molecule has 0 spiro atoms. The standard InChI is InChI=1S/C27H28ClN3O/c1-4-18(2)21-11-9-20(10-12-21)17-31-25-8-6-5-7-24(25)30-26(31)19(3)29-27(32)22-13-15-23(28)16-14-22/h5-16,18-19H,4,17H2,1-3H3,(H,29,32). The third-order valence-corrected chi connectivity index (χ3v) is 6.28. The van der Waals surface area contributed by atoms with Crippen LogP contribution in [-0.4, -0.2) is 15.5 Å². The van der Waals surface area contributed by atoms with Gasteiger partial charge in [-0.15, -0.1) is 0 Å². The second-order valence-corrected chi connectivity index (χ2v) is 8.73. The Labute approximate surface area is 194 Å². The van der Waals surface area contributed by atoms with Gasteiger partial charge in [-0.25, -0.2) is 4.98 Å². The van der Waals surface area contributed by atoms with E-state index in [-0.39, 0.29) is 11.9 Å². The molecule has 0 aliphatic rings. The number of rotatable bonds is 7. The molecule has 3 aromatic carbocycles. The third-order valence-electron chi connectivity index (χ3n) is 6.03. The molecule has 0 bridgehead atoms. The maximum Gasteiger partial charge on any atom is 0.251 e. The summed E-state index contributed by atoms with van der Waals surface area (Å²) in [5.41, 5.74) is 5.12. The first kappa shape index (κ1) is 22.1. The summed E-state index contributed by atoms with van der Waals surface area (Å²) >= 11 is 5.95. The lowest BCUT2D eigenvalue weighted by molar-refractivity contribution is 0.0938. The third kappa shape index (κ3) is 4.71. The summed E-state index contributed by atoms with van der Waals surface area (Å²) in [6, 6.07) is 23.6. The topological polar surface area (TPSA) is 46.9 Å². The van der Waals surface area contributed by atoms with Gasteiger partial charge in [0.1, 0.15) is 5.82 Å². The van der Waals surface area contributed by atoms with Crippen LogP contribution in [-0.2, 0) is 6.54 Å². The fourth-order valence-corrected chi connectivity index (χ4v) is 4.03. The van der Waals surface area contributed by atoms with Crippen LogP contribution >= 0.6 is 11.6 Å². The van der Waals surface area contributed by atoms with Crippen LogP contribution in [0.4, 0.5) is 0 Å². The average Bonchev–Trinajstić information content (AvgIpc) is 3.18. The molecule has 1 heterocycles. The zero-order valence-electron chi connectivity index (χ0n) is 18.7. The summed E-state index contributed by atoms with van der Waals surface area (Å²) in [6.45, 7) is 7.12. The summed E-state index contributed by atoms with van der Waals surface area (Å²) in [6.07, 6.45) is 1.13. The molecule has 4 nitrogen and oxygen atoms in total. The van der Waals surface area contributed by atoms with E-state index in [1.807, 2.05) is 25.1 Å². The number of hydrogen-bond acceptors (Lipinski definition) is 2. The number of para-hydroxylation sites is 2. The number of aromatic nitrogens is 2. The van der Waals surface area contributed by atoms with Crippen molar-refractivity contribution in [2.75, 3.05) is 0 Å². The fourth-order valence-electron chi connectivity index (χ4n) is 3.91. The van der Waals surface area contributed by atoms with E-state index < -0.39 is 0 Å². The lowest BCUT2D eigenvalue weighted by Gasteiger charge is -2.17. The quantitative estimate of drug-likeness (QED) is 0.342. The van der Waals surface area contributed by atoms with Crippen LogP contribution in [0.15, 0.2) is 72.8 Å². The molecular weight excluding hydrogens is 418 g/mol. The molecule has 5 heteroatoms. The van der Waals surface area contributed by atoms with Gasteiger partial charge in [0.05, 0.1) is 17.1 Å². The van der Waals surface area contributed by atoms with Crippen LogP contribution in [0, 0.1) is 0 Å². The SMILES string of the molecule is CCC(C)c1ccc(Cn2c(C(C)NC(=O)c3ccc(Cl)cc3)nc3ccccc32)cc1. The number of benzene rings is 3. The highest BCUT2D eigenvalue weighted by Gasteiger charge is 2.19. The number of hydrogen-bond donors (Lipinski definition) is 1. The van der Waals surface area contributed by atoms with Gasteiger partial charge in [0.15, 0.2) is 0 Å². The summed E-state index contributed by atoms with van der Waals surface area (Å²) in [7, 11) is 0. The predicted octanol–water partition coefficient (Wildman–Crippen LogP) is 6.74. The highest BCUT2D eigenvalue weighted by Crippen LogP contribution is 2.24. The van der Waals surface area contributed by atoms with Crippen LogP contribution in [0.5, 0.6) is 0 Å². The maximum absolute atomic E-state index is 12.8. The van der Waals surface area contributed by atoms with Crippen molar-refractivity contribution in [3.05, 3.63) is 100 Å². The van der Waals surface area contributed by atoms with Gasteiger partial charge in [0.2, 0.25) is 0 Å². The van der Waals surface area contributed by atoms with Crippen molar-refractivity contribution in [3.8, 4) is 0 Å². The van der Waals surface area contributed by atoms with E-state index in [1.165, 1.54) is 11.1 Å². The Morgan fingerprint density at radius 1 is 1.00 bits per heavy atom. The van der Waals surface area contributed by atoms with Crippen molar-refractivity contribution in [1.29, 1.82) is 0 Å². The molecule has 0 aliphatic carbocycles. The van der Waals surface area contributed by atoms with Gasteiger partial charge in [-0.1, -0.05) is 61.8 Å². The van der Waals surface area contributed by atoms with Gasteiger partial charge in [0.25, 0.3) is 5.91 Å². The molecule has 32 heavy (non-hydrogen) atoms. The lowest BCUT2D eigenvalue weighted by Crippen LogP contribution is -2.28. The minimum absolute atomic E-state index is 0.148. The Morgan fingerprint density at radius 2 is 1.69 bits per heavy atom. The highest BCUT2D eigenvalue weighted by molar-refractivity contribution is 6.30. The van der Waals surface area contributed by atoms with E-state index in [0.717, 1.165) is 23.3 Å². The van der Waals surface area contributed by atoms with Gasteiger partial charge < -0.3 is 9.88 Å². The van der Waals surface area contributed by atoms with E-state index >= 15 is 0 Å². The molecule has 0 radical (unpaired) electrons. The Balaban J connectivity index is 1.62. The Hall–Kier alpha value is -3.11. The van der Waals surface area contributed by atoms with Crippen molar-refractivity contribution in [2.24, 2.45) is 0 Å². The van der Waals surface area contributed by atoms with Gasteiger partial charge in [-0.05, 0) is 66.8 Å². The molecule has 164 valence electrons. The van der Waals surface area contributed by atoms with Crippen molar-refractivity contribution in [1.82, 2.24) is 14.9 Å². The Bertz CT molecular complexity index is 1210.